The van der Waals surface area contributed by atoms with Gasteiger partial charge < -0.3 is 20.3 Å². The number of likely N-dealkylation sites (tertiary alicyclic amines) is 1. The predicted octanol–water partition coefficient (Wildman–Crippen LogP) is 3.04. The molecule has 1 aromatic heterocycles. The topological polar surface area (TPSA) is 85.4 Å². The molecule has 6 nitrogen and oxygen atoms in total. The molecule has 3 atom stereocenters. The van der Waals surface area contributed by atoms with Crippen LogP contribution in [0, 0.1) is 6.92 Å². The van der Waals surface area contributed by atoms with Gasteiger partial charge in [0.25, 0.3) is 11.8 Å². The number of carbonyl (C=O) groups excluding carboxylic acids is 2. The molecule has 1 aromatic carbocycles. The number of H-pyrrole nitrogens is 1. The third-order valence-electron chi connectivity index (χ3n) is 6.63. The summed E-state index contributed by atoms with van der Waals surface area (Å²) in [5.41, 5.74) is -2.03. The SMILES string of the molecule is Cc1cccc2[nH]c(C(=O)N[C@]34CCC[C@@H]3N(C(=O)C(C)(O)C(F)(F)F)CC4)cc12. The van der Waals surface area contributed by atoms with E-state index in [1.165, 1.54) is 0 Å². The number of hydrogen-bond donors (Lipinski definition) is 3. The number of aromatic nitrogens is 1. The van der Waals surface area contributed by atoms with E-state index in [1.807, 2.05) is 25.1 Å². The van der Waals surface area contributed by atoms with Crippen molar-refractivity contribution in [2.75, 3.05) is 6.54 Å². The molecule has 3 N–H and O–H groups in total. The second-order valence-electron chi connectivity index (χ2n) is 8.56. The molecule has 2 aromatic rings. The maximum atomic E-state index is 13.2. The summed E-state index contributed by atoms with van der Waals surface area (Å²) < 4.78 is 39.5. The van der Waals surface area contributed by atoms with Crippen LogP contribution in [0.4, 0.5) is 13.2 Å². The number of alkyl halides is 3. The van der Waals surface area contributed by atoms with E-state index in [2.05, 4.69) is 10.3 Å². The molecule has 4 rings (SSSR count). The minimum atomic E-state index is -5.07. The lowest BCUT2D eigenvalue weighted by molar-refractivity contribution is -0.250. The molecule has 2 heterocycles. The zero-order chi connectivity index (χ0) is 21.9. The average molecular weight is 423 g/mol. The van der Waals surface area contributed by atoms with Gasteiger partial charge in [-0.1, -0.05) is 12.1 Å². The van der Waals surface area contributed by atoms with Gasteiger partial charge in [-0.15, -0.1) is 0 Å². The van der Waals surface area contributed by atoms with Gasteiger partial charge in [0.1, 0.15) is 5.69 Å². The molecular formula is C21H24F3N3O3. The molecular weight excluding hydrogens is 399 g/mol. The van der Waals surface area contributed by atoms with Crippen molar-refractivity contribution >= 4 is 22.7 Å². The molecule has 30 heavy (non-hydrogen) atoms. The molecule has 2 aliphatic rings. The lowest BCUT2D eigenvalue weighted by Crippen LogP contribution is -2.60. The number of rotatable bonds is 3. The Bertz CT molecular complexity index is 1010. The average Bonchev–Trinajstić information content (AvgIpc) is 3.33. The molecule has 0 radical (unpaired) electrons. The predicted molar refractivity (Wildman–Crippen MR) is 104 cm³/mol. The van der Waals surface area contributed by atoms with Gasteiger partial charge in [0.05, 0.1) is 11.6 Å². The van der Waals surface area contributed by atoms with Crippen LogP contribution >= 0.6 is 0 Å². The van der Waals surface area contributed by atoms with E-state index in [-0.39, 0.29) is 12.5 Å². The van der Waals surface area contributed by atoms with Gasteiger partial charge in [0.15, 0.2) is 0 Å². The van der Waals surface area contributed by atoms with Crippen LogP contribution in [0.15, 0.2) is 24.3 Å². The number of carbonyl (C=O) groups is 2. The summed E-state index contributed by atoms with van der Waals surface area (Å²) in [5, 5.41) is 13.8. The van der Waals surface area contributed by atoms with Crippen molar-refractivity contribution in [3.05, 3.63) is 35.5 Å². The zero-order valence-electron chi connectivity index (χ0n) is 16.8. The Morgan fingerprint density at radius 1 is 1.30 bits per heavy atom. The molecule has 2 fully saturated rings. The number of nitrogens with zero attached hydrogens (tertiary/aromatic N) is 1. The Balaban J connectivity index is 1.57. The highest BCUT2D eigenvalue weighted by Gasteiger charge is 2.61. The van der Waals surface area contributed by atoms with E-state index in [0.29, 0.717) is 38.3 Å². The Hall–Kier alpha value is -2.55. The van der Waals surface area contributed by atoms with Crippen molar-refractivity contribution in [1.82, 2.24) is 15.2 Å². The van der Waals surface area contributed by atoms with Gasteiger partial charge in [0.2, 0.25) is 5.60 Å². The molecule has 1 aliphatic carbocycles. The molecule has 162 valence electrons. The fourth-order valence-corrected chi connectivity index (χ4v) is 4.85. The number of aromatic amines is 1. The molecule has 2 amide bonds. The van der Waals surface area contributed by atoms with E-state index in [9.17, 15) is 27.9 Å². The van der Waals surface area contributed by atoms with Crippen LogP contribution in [-0.2, 0) is 4.79 Å². The molecule has 0 spiro atoms. The Labute approximate surface area is 171 Å². The smallest absolute Gasteiger partial charge is 0.373 e. The summed E-state index contributed by atoms with van der Waals surface area (Å²) in [6, 6.07) is 6.87. The van der Waals surface area contributed by atoms with Crippen molar-refractivity contribution in [3.63, 3.8) is 0 Å². The van der Waals surface area contributed by atoms with Gasteiger partial charge in [-0.3, -0.25) is 9.59 Å². The zero-order valence-corrected chi connectivity index (χ0v) is 16.8. The molecule has 1 unspecified atom stereocenters. The largest absolute Gasteiger partial charge is 0.426 e. The monoisotopic (exact) mass is 423 g/mol. The number of benzene rings is 1. The van der Waals surface area contributed by atoms with Crippen LogP contribution in [-0.4, -0.2) is 56.7 Å². The summed E-state index contributed by atoms with van der Waals surface area (Å²) in [6.07, 6.45) is -3.00. The quantitative estimate of drug-likeness (QED) is 0.710. The van der Waals surface area contributed by atoms with Crippen LogP contribution in [0.5, 0.6) is 0 Å². The minimum Gasteiger partial charge on any atom is -0.373 e. The number of aryl methyl sites for hydroxylation is 1. The van der Waals surface area contributed by atoms with Gasteiger partial charge in [0, 0.05) is 17.4 Å². The highest BCUT2D eigenvalue weighted by molar-refractivity contribution is 5.99. The maximum absolute atomic E-state index is 13.2. The summed E-state index contributed by atoms with van der Waals surface area (Å²) in [5.74, 6) is -1.71. The van der Waals surface area contributed by atoms with Crippen molar-refractivity contribution in [2.24, 2.45) is 0 Å². The normalized spacial score (nSPS) is 25.9. The van der Waals surface area contributed by atoms with Crippen molar-refractivity contribution in [1.29, 1.82) is 0 Å². The highest BCUT2D eigenvalue weighted by Crippen LogP contribution is 2.44. The summed E-state index contributed by atoms with van der Waals surface area (Å²) >= 11 is 0. The summed E-state index contributed by atoms with van der Waals surface area (Å²) in [6.45, 7) is 2.48. The molecule has 9 heteroatoms. The van der Waals surface area contributed by atoms with Crippen LogP contribution in [0.1, 0.15) is 48.7 Å². The van der Waals surface area contributed by atoms with Crippen molar-refractivity contribution in [2.45, 2.75) is 62.9 Å². The fraction of sp³-hybridized carbons (Fsp3) is 0.524. The first kappa shape index (κ1) is 20.7. The first-order chi connectivity index (χ1) is 14.0. The Kier molecular flexibility index (Phi) is 4.65. The van der Waals surface area contributed by atoms with E-state index >= 15 is 0 Å². The van der Waals surface area contributed by atoms with Gasteiger partial charge in [-0.05, 0) is 57.2 Å². The van der Waals surface area contributed by atoms with E-state index in [0.717, 1.165) is 21.4 Å². The standard InChI is InChI=1S/C21H24F3N3O3/c1-12-5-3-6-14-13(12)11-15(25-14)17(28)26-20-8-4-7-16(20)27(10-9-20)18(29)19(2,30)21(22,23)24/h3,5-6,11,16,25,30H,4,7-10H2,1-2H3,(H,26,28)/t16-,19?,20-/m0/s1. The van der Waals surface area contributed by atoms with E-state index in [1.54, 1.807) is 6.07 Å². The van der Waals surface area contributed by atoms with Crippen LogP contribution in [0.2, 0.25) is 0 Å². The third kappa shape index (κ3) is 3.07. The number of aliphatic hydroxyl groups is 1. The molecule has 1 saturated heterocycles. The molecule has 0 bridgehead atoms. The number of hydrogen-bond acceptors (Lipinski definition) is 3. The van der Waals surface area contributed by atoms with Crippen molar-refractivity contribution in [3.8, 4) is 0 Å². The van der Waals surface area contributed by atoms with Crippen LogP contribution in [0.3, 0.4) is 0 Å². The van der Waals surface area contributed by atoms with Crippen molar-refractivity contribution < 1.29 is 27.9 Å². The number of nitrogens with one attached hydrogen (secondary N) is 2. The Morgan fingerprint density at radius 2 is 2.03 bits per heavy atom. The van der Waals surface area contributed by atoms with Gasteiger partial charge in [-0.2, -0.15) is 13.2 Å². The van der Waals surface area contributed by atoms with Gasteiger partial charge in [-0.25, -0.2) is 0 Å². The number of halogens is 3. The van der Waals surface area contributed by atoms with E-state index in [4.69, 9.17) is 0 Å². The number of amides is 2. The number of fused-ring (bicyclic) bond motifs is 2. The highest BCUT2D eigenvalue weighted by atomic mass is 19.4. The van der Waals surface area contributed by atoms with Crippen LogP contribution < -0.4 is 5.32 Å². The first-order valence-corrected chi connectivity index (χ1v) is 9.97. The summed E-state index contributed by atoms with van der Waals surface area (Å²) in [4.78, 5) is 29.7. The van der Waals surface area contributed by atoms with Crippen LogP contribution in [0.25, 0.3) is 10.9 Å². The molecule has 1 aliphatic heterocycles. The lowest BCUT2D eigenvalue weighted by Gasteiger charge is -2.36. The second kappa shape index (κ2) is 6.73. The third-order valence-corrected chi connectivity index (χ3v) is 6.63. The van der Waals surface area contributed by atoms with Gasteiger partial charge >= 0.3 is 6.18 Å². The fourth-order valence-electron chi connectivity index (χ4n) is 4.85. The Morgan fingerprint density at radius 3 is 2.70 bits per heavy atom. The van der Waals surface area contributed by atoms with E-state index < -0.39 is 29.3 Å². The second-order valence-corrected chi connectivity index (χ2v) is 8.56. The minimum absolute atomic E-state index is 0.0574. The molecule has 1 saturated carbocycles. The summed E-state index contributed by atoms with van der Waals surface area (Å²) in [7, 11) is 0. The first-order valence-electron chi connectivity index (χ1n) is 9.97. The maximum Gasteiger partial charge on any atom is 0.426 e. The lowest BCUT2D eigenvalue weighted by atomic mass is 9.92.